The number of rotatable bonds is 6. The van der Waals surface area contributed by atoms with Crippen LogP contribution in [0.15, 0.2) is 42.5 Å². The highest BCUT2D eigenvalue weighted by Gasteiger charge is 2.51. The minimum absolute atomic E-state index is 0.251. The molecule has 29 heavy (non-hydrogen) atoms. The predicted molar refractivity (Wildman–Crippen MR) is 100 cm³/mol. The maximum absolute atomic E-state index is 13.7. The number of halogens is 2. The van der Waals surface area contributed by atoms with E-state index in [0.717, 1.165) is 23.1 Å². The SMILES string of the molecule is CC[C@]1(c2ccc(OC)cc2)NC(=O)N(CC(=O)Nc2cc(F)ccc2F)C1=O. The Bertz CT molecular complexity index is 965. The number of hydrogen-bond acceptors (Lipinski definition) is 4. The van der Waals surface area contributed by atoms with Crippen molar-refractivity contribution in [2.75, 3.05) is 19.0 Å². The van der Waals surface area contributed by atoms with Gasteiger partial charge in [0.1, 0.15) is 29.5 Å². The molecule has 152 valence electrons. The summed E-state index contributed by atoms with van der Waals surface area (Å²) in [6.45, 7) is 1.09. The fourth-order valence-corrected chi connectivity index (χ4v) is 3.21. The minimum Gasteiger partial charge on any atom is -0.497 e. The number of methoxy groups -OCH3 is 1. The Morgan fingerprint density at radius 3 is 2.48 bits per heavy atom. The summed E-state index contributed by atoms with van der Waals surface area (Å²) in [6.07, 6.45) is 0.251. The van der Waals surface area contributed by atoms with Crippen LogP contribution in [0.25, 0.3) is 0 Å². The number of ether oxygens (including phenoxy) is 1. The van der Waals surface area contributed by atoms with Crippen molar-refractivity contribution in [3.8, 4) is 5.75 Å². The van der Waals surface area contributed by atoms with E-state index in [-0.39, 0.29) is 12.1 Å². The van der Waals surface area contributed by atoms with Gasteiger partial charge in [0.25, 0.3) is 5.91 Å². The van der Waals surface area contributed by atoms with Gasteiger partial charge in [-0.3, -0.25) is 14.5 Å². The van der Waals surface area contributed by atoms with Crippen molar-refractivity contribution in [3.05, 3.63) is 59.7 Å². The molecule has 1 aliphatic heterocycles. The van der Waals surface area contributed by atoms with Gasteiger partial charge < -0.3 is 15.4 Å². The first-order valence-electron chi connectivity index (χ1n) is 8.84. The highest BCUT2D eigenvalue weighted by molar-refractivity contribution is 6.10. The lowest BCUT2D eigenvalue weighted by Gasteiger charge is -2.26. The second-order valence-electron chi connectivity index (χ2n) is 6.48. The van der Waals surface area contributed by atoms with Crippen molar-refractivity contribution < 1.29 is 27.9 Å². The van der Waals surface area contributed by atoms with E-state index in [1.54, 1.807) is 31.2 Å². The largest absolute Gasteiger partial charge is 0.497 e. The first-order valence-corrected chi connectivity index (χ1v) is 8.84. The molecular weight excluding hydrogens is 384 g/mol. The summed E-state index contributed by atoms with van der Waals surface area (Å²) in [5.74, 6) is -2.42. The normalized spacial score (nSPS) is 18.6. The van der Waals surface area contributed by atoms with Gasteiger partial charge in [-0.05, 0) is 36.2 Å². The molecule has 0 aromatic heterocycles. The molecule has 0 aliphatic carbocycles. The molecular formula is C20H19F2N3O4. The first kappa shape index (κ1) is 20.2. The minimum atomic E-state index is -1.33. The Hall–Kier alpha value is -3.49. The summed E-state index contributed by atoms with van der Waals surface area (Å²) in [5, 5.41) is 4.82. The van der Waals surface area contributed by atoms with Crippen LogP contribution >= 0.6 is 0 Å². The van der Waals surface area contributed by atoms with E-state index in [2.05, 4.69) is 10.6 Å². The van der Waals surface area contributed by atoms with Crippen LogP contribution < -0.4 is 15.4 Å². The fourth-order valence-electron chi connectivity index (χ4n) is 3.21. The quantitative estimate of drug-likeness (QED) is 0.726. The summed E-state index contributed by atoms with van der Waals surface area (Å²) in [4.78, 5) is 38.5. The van der Waals surface area contributed by atoms with E-state index in [0.29, 0.717) is 11.3 Å². The van der Waals surface area contributed by atoms with Crippen molar-refractivity contribution in [2.45, 2.75) is 18.9 Å². The third-order valence-electron chi connectivity index (χ3n) is 4.79. The second kappa shape index (κ2) is 7.86. The van der Waals surface area contributed by atoms with Gasteiger partial charge >= 0.3 is 6.03 Å². The van der Waals surface area contributed by atoms with E-state index in [1.807, 2.05) is 0 Å². The molecule has 2 aromatic rings. The molecule has 0 unspecified atom stereocenters. The number of carbonyl (C=O) groups excluding carboxylic acids is 3. The van der Waals surface area contributed by atoms with Gasteiger partial charge in [0, 0.05) is 6.07 Å². The molecule has 0 saturated carbocycles. The third-order valence-corrected chi connectivity index (χ3v) is 4.79. The van der Waals surface area contributed by atoms with E-state index < -0.39 is 41.6 Å². The smallest absolute Gasteiger partial charge is 0.325 e. The van der Waals surface area contributed by atoms with Gasteiger partial charge in [0.2, 0.25) is 5.91 Å². The zero-order valence-electron chi connectivity index (χ0n) is 15.8. The Morgan fingerprint density at radius 2 is 1.86 bits per heavy atom. The average molecular weight is 403 g/mol. The van der Waals surface area contributed by atoms with Crippen molar-refractivity contribution in [1.29, 1.82) is 0 Å². The molecule has 1 atom stereocenters. The lowest BCUT2D eigenvalue weighted by Crippen LogP contribution is -2.44. The Kier molecular flexibility index (Phi) is 5.49. The number of benzene rings is 2. The molecule has 9 heteroatoms. The van der Waals surface area contributed by atoms with Gasteiger partial charge in [-0.1, -0.05) is 19.1 Å². The van der Waals surface area contributed by atoms with E-state index in [9.17, 15) is 23.2 Å². The van der Waals surface area contributed by atoms with Gasteiger partial charge in [0.05, 0.1) is 12.8 Å². The second-order valence-corrected chi connectivity index (χ2v) is 6.48. The van der Waals surface area contributed by atoms with Gasteiger partial charge in [-0.25, -0.2) is 13.6 Å². The molecule has 1 saturated heterocycles. The van der Waals surface area contributed by atoms with Crippen LogP contribution in [0.3, 0.4) is 0 Å². The maximum Gasteiger partial charge on any atom is 0.325 e. The van der Waals surface area contributed by atoms with E-state index >= 15 is 0 Å². The van der Waals surface area contributed by atoms with Crippen molar-refractivity contribution in [1.82, 2.24) is 10.2 Å². The molecule has 4 amide bonds. The van der Waals surface area contributed by atoms with Crippen LogP contribution in [0, 0.1) is 11.6 Å². The highest BCUT2D eigenvalue weighted by atomic mass is 19.1. The zero-order chi connectivity index (χ0) is 21.2. The van der Waals surface area contributed by atoms with Gasteiger partial charge in [-0.2, -0.15) is 0 Å². The standard InChI is InChI=1S/C20H19F2N3O4/c1-3-20(12-4-7-14(29-2)8-5-12)18(27)25(19(28)24-20)11-17(26)23-16-10-13(21)6-9-15(16)22/h4-10H,3,11H2,1-2H3,(H,23,26)(H,24,28)/t20-/m1/s1. The molecule has 1 fully saturated rings. The number of amides is 4. The molecule has 1 heterocycles. The number of nitrogens with one attached hydrogen (secondary N) is 2. The number of imide groups is 1. The van der Waals surface area contributed by atoms with Gasteiger partial charge in [0.15, 0.2) is 0 Å². The van der Waals surface area contributed by atoms with Crippen LogP contribution in [0.1, 0.15) is 18.9 Å². The Labute approximate surface area is 165 Å². The van der Waals surface area contributed by atoms with Crippen LogP contribution in [-0.2, 0) is 15.1 Å². The topological polar surface area (TPSA) is 87.7 Å². The van der Waals surface area contributed by atoms with Crippen molar-refractivity contribution in [3.63, 3.8) is 0 Å². The van der Waals surface area contributed by atoms with E-state index in [1.165, 1.54) is 7.11 Å². The Balaban J connectivity index is 1.80. The van der Waals surface area contributed by atoms with Crippen LogP contribution in [-0.4, -0.2) is 36.4 Å². The zero-order valence-corrected chi connectivity index (χ0v) is 15.8. The lowest BCUT2D eigenvalue weighted by molar-refractivity contribution is -0.134. The molecule has 2 aromatic carbocycles. The Morgan fingerprint density at radius 1 is 1.17 bits per heavy atom. The number of hydrogen-bond donors (Lipinski definition) is 2. The number of nitrogens with zero attached hydrogens (tertiary/aromatic N) is 1. The number of carbonyl (C=O) groups is 3. The molecule has 0 spiro atoms. The number of urea groups is 1. The third kappa shape index (κ3) is 3.75. The molecule has 1 aliphatic rings. The maximum atomic E-state index is 13.7. The first-order chi connectivity index (χ1) is 13.8. The monoisotopic (exact) mass is 403 g/mol. The molecule has 0 bridgehead atoms. The van der Waals surface area contributed by atoms with Crippen molar-refractivity contribution >= 4 is 23.5 Å². The number of anilines is 1. The van der Waals surface area contributed by atoms with Crippen LogP contribution in [0.4, 0.5) is 19.3 Å². The summed E-state index contributed by atoms with van der Waals surface area (Å²) in [7, 11) is 1.51. The highest BCUT2D eigenvalue weighted by Crippen LogP contribution is 2.33. The van der Waals surface area contributed by atoms with Crippen LogP contribution in [0.2, 0.25) is 0 Å². The summed E-state index contributed by atoms with van der Waals surface area (Å²) in [6, 6.07) is 8.48. The summed E-state index contributed by atoms with van der Waals surface area (Å²) in [5.41, 5.74) is -1.16. The van der Waals surface area contributed by atoms with Crippen LogP contribution in [0.5, 0.6) is 5.75 Å². The van der Waals surface area contributed by atoms with Crippen molar-refractivity contribution in [2.24, 2.45) is 0 Å². The van der Waals surface area contributed by atoms with Gasteiger partial charge in [-0.15, -0.1) is 0 Å². The molecule has 7 nitrogen and oxygen atoms in total. The fraction of sp³-hybridized carbons (Fsp3) is 0.250. The molecule has 3 rings (SSSR count). The van der Waals surface area contributed by atoms with E-state index in [4.69, 9.17) is 4.74 Å². The summed E-state index contributed by atoms with van der Waals surface area (Å²) >= 11 is 0. The lowest BCUT2D eigenvalue weighted by atomic mass is 9.87. The predicted octanol–water partition coefficient (Wildman–Crippen LogP) is 2.77. The summed E-state index contributed by atoms with van der Waals surface area (Å²) < 4.78 is 32.1. The molecule has 2 N–H and O–H groups in total. The average Bonchev–Trinajstić information content (AvgIpc) is 2.96. The molecule has 0 radical (unpaired) electrons.